The van der Waals surface area contributed by atoms with Gasteiger partial charge in [0.25, 0.3) is 5.91 Å². The summed E-state index contributed by atoms with van der Waals surface area (Å²) in [7, 11) is 0. The Morgan fingerprint density at radius 2 is 2.31 bits per heavy atom. The molecule has 0 unspecified atom stereocenters. The van der Waals surface area contributed by atoms with Gasteiger partial charge in [-0.15, -0.1) is 0 Å². The van der Waals surface area contributed by atoms with Crippen LogP contribution in [-0.4, -0.2) is 44.0 Å². The Morgan fingerprint density at radius 1 is 1.42 bits per heavy atom. The first-order chi connectivity index (χ1) is 12.6. The van der Waals surface area contributed by atoms with Crippen molar-refractivity contribution in [2.24, 2.45) is 0 Å². The summed E-state index contributed by atoms with van der Waals surface area (Å²) in [4.78, 5) is 25.2. The van der Waals surface area contributed by atoms with Crippen LogP contribution in [0.3, 0.4) is 0 Å². The molecule has 4 heterocycles. The number of carbonyl (C=O) groups is 1. The van der Waals surface area contributed by atoms with Crippen LogP contribution < -0.4 is 0 Å². The molecule has 4 rings (SSSR count). The number of aromatic nitrogens is 4. The Hall–Kier alpha value is -2.74. The van der Waals surface area contributed by atoms with Crippen molar-refractivity contribution < 1.29 is 13.7 Å². The standard InChI is InChI=1S/C17H15ClFN5O2/c18-12-7-13(21-8-12)15-22-16(26-23-15)11-2-1-5-24(9-11)17(25)10-3-4-20-14(19)6-10/h3-4,6-8,11,21H,1-2,5,9H2/t11-/m0/s1. The number of hydrogen-bond acceptors (Lipinski definition) is 5. The third-order valence-electron chi connectivity index (χ3n) is 4.36. The van der Waals surface area contributed by atoms with Crippen LogP contribution in [0, 0.1) is 5.95 Å². The van der Waals surface area contributed by atoms with E-state index in [-0.39, 0.29) is 17.4 Å². The molecule has 0 saturated carbocycles. The highest BCUT2D eigenvalue weighted by molar-refractivity contribution is 6.30. The van der Waals surface area contributed by atoms with Crippen LogP contribution >= 0.6 is 11.6 Å². The molecule has 134 valence electrons. The van der Waals surface area contributed by atoms with Crippen molar-refractivity contribution in [2.75, 3.05) is 13.1 Å². The first-order valence-corrected chi connectivity index (χ1v) is 8.56. The number of aromatic amines is 1. The van der Waals surface area contributed by atoms with Gasteiger partial charge in [-0.25, -0.2) is 4.98 Å². The predicted molar refractivity (Wildman–Crippen MR) is 91.2 cm³/mol. The summed E-state index contributed by atoms with van der Waals surface area (Å²) in [5.74, 6) is -0.0656. The molecule has 1 saturated heterocycles. The molecule has 1 atom stereocenters. The van der Waals surface area contributed by atoms with E-state index in [2.05, 4.69) is 20.1 Å². The molecule has 1 aliphatic rings. The monoisotopic (exact) mass is 375 g/mol. The minimum atomic E-state index is -0.671. The van der Waals surface area contributed by atoms with E-state index in [4.69, 9.17) is 16.1 Å². The molecule has 0 aromatic carbocycles. The van der Waals surface area contributed by atoms with Gasteiger partial charge >= 0.3 is 0 Å². The number of amides is 1. The molecule has 0 bridgehead atoms. The van der Waals surface area contributed by atoms with Gasteiger partial charge in [0.2, 0.25) is 17.7 Å². The number of carbonyl (C=O) groups excluding carboxylic acids is 1. The number of H-pyrrole nitrogens is 1. The van der Waals surface area contributed by atoms with Crippen molar-refractivity contribution in [2.45, 2.75) is 18.8 Å². The van der Waals surface area contributed by atoms with Crippen molar-refractivity contribution in [1.29, 1.82) is 0 Å². The highest BCUT2D eigenvalue weighted by Crippen LogP contribution is 2.28. The normalized spacial score (nSPS) is 17.5. The molecule has 26 heavy (non-hydrogen) atoms. The Labute approximate surface area is 153 Å². The van der Waals surface area contributed by atoms with E-state index in [0.717, 1.165) is 18.9 Å². The largest absolute Gasteiger partial charge is 0.357 e. The Kier molecular flexibility index (Phi) is 4.42. The Bertz CT molecular complexity index is 941. The van der Waals surface area contributed by atoms with Crippen LogP contribution in [-0.2, 0) is 0 Å². The SMILES string of the molecule is O=C(c1ccnc(F)c1)N1CCC[C@H](c2nc(-c3cc(Cl)c[nH]3)no2)C1. The van der Waals surface area contributed by atoms with E-state index in [0.29, 0.717) is 35.5 Å². The number of likely N-dealkylation sites (tertiary alicyclic amines) is 1. The number of nitrogens with one attached hydrogen (secondary N) is 1. The number of halogens is 2. The lowest BCUT2D eigenvalue weighted by Gasteiger charge is -2.31. The molecule has 7 nitrogen and oxygen atoms in total. The first kappa shape index (κ1) is 16.7. The lowest BCUT2D eigenvalue weighted by atomic mass is 9.97. The summed E-state index contributed by atoms with van der Waals surface area (Å²) in [5.41, 5.74) is 0.950. The minimum absolute atomic E-state index is 0.0638. The van der Waals surface area contributed by atoms with E-state index in [1.165, 1.54) is 12.3 Å². The van der Waals surface area contributed by atoms with E-state index in [1.807, 2.05) is 0 Å². The minimum Gasteiger partial charge on any atom is -0.357 e. The summed E-state index contributed by atoms with van der Waals surface area (Å²) in [6.45, 7) is 1.04. The average molecular weight is 376 g/mol. The first-order valence-electron chi connectivity index (χ1n) is 8.19. The number of nitrogens with zero attached hydrogens (tertiary/aromatic N) is 4. The number of rotatable bonds is 3. The Balaban J connectivity index is 1.50. The van der Waals surface area contributed by atoms with Crippen molar-refractivity contribution in [3.63, 3.8) is 0 Å². The van der Waals surface area contributed by atoms with Gasteiger partial charge in [-0.05, 0) is 25.0 Å². The Morgan fingerprint density at radius 3 is 3.08 bits per heavy atom. The molecule has 3 aromatic heterocycles. The van der Waals surface area contributed by atoms with Crippen LogP contribution in [0.1, 0.15) is 35.0 Å². The highest BCUT2D eigenvalue weighted by atomic mass is 35.5. The lowest BCUT2D eigenvalue weighted by molar-refractivity contribution is 0.0695. The van der Waals surface area contributed by atoms with Crippen LogP contribution in [0.15, 0.2) is 35.1 Å². The molecule has 0 radical (unpaired) electrons. The quantitative estimate of drug-likeness (QED) is 0.710. The van der Waals surface area contributed by atoms with Gasteiger partial charge < -0.3 is 14.4 Å². The van der Waals surface area contributed by atoms with Gasteiger partial charge in [0.15, 0.2) is 0 Å². The fraction of sp³-hybridized carbons (Fsp3) is 0.294. The molecule has 1 N–H and O–H groups in total. The topological polar surface area (TPSA) is 87.9 Å². The van der Waals surface area contributed by atoms with E-state index in [1.54, 1.807) is 17.2 Å². The van der Waals surface area contributed by atoms with Gasteiger partial charge in [-0.1, -0.05) is 16.8 Å². The second kappa shape index (κ2) is 6.87. The molecule has 1 fully saturated rings. The fourth-order valence-electron chi connectivity index (χ4n) is 3.09. The van der Waals surface area contributed by atoms with E-state index >= 15 is 0 Å². The van der Waals surface area contributed by atoms with Crippen molar-refractivity contribution in [3.8, 4) is 11.5 Å². The van der Waals surface area contributed by atoms with Crippen LogP contribution in [0.2, 0.25) is 5.02 Å². The maximum Gasteiger partial charge on any atom is 0.254 e. The zero-order valence-electron chi connectivity index (χ0n) is 13.7. The van der Waals surface area contributed by atoms with E-state index < -0.39 is 5.95 Å². The van der Waals surface area contributed by atoms with Gasteiger partial charge in [0, 0.05) is 37.1 Å². The average Bonchev–Trinajstić information content (AvgIpc) is 3.30. The molecule has 3 aromatic rings. The van der Waals surface area contributed by atoms with Crippen LogP contribution in [0.5, 0.6) is 0 Å². The third-order valence-corrected chi connectivity index (χ3v) is 4.58. The summed E-state index contributed by atoms with van der Waals surface area (Å²) < 4.78 is 18.7. The number of hydrogen-bond donors (Lipinski definition) is 1. The smallest absolute Gasteiger partial charge is 0.254 e. The number of piperidine rings is 1. The van der Waals surface area contributed by atoms with Crippen molar-refractivity contribution in [1.82, 2.24) is 25.0 Å². The van der Waals surface area contributed by atoms with Gasteiger partial charge in [0.05, 0.1) is 16.6 Å². The van der Waals surface area contributed by atoms with E-state index in [9.17, 15) is 9.18 Å². The third kappa shape index (κ3) is 3.32. The zero-order valence-corrected chi connectivity index (χ0v) is 14.4. The molecule has 0 aliphatic carbocycles. The summed E-state index contributed by atoms with van der Waals surface area (Å²) in [6.07, 6.45) is 4.56. The summed E-state index contributed by atoms with van der Waals surface area (Å²) in [5, 5.41) is 4.54. The van der Waals surface area contributed by atoms with Crippen molar-refractivity contribution >= 4 is 17.5 Å². The van der Waals surface area contributed by atoms with Gasteiger partial charge in [0.1, 0.15) is 0 Å². The molecule has 0 spiro atoms. The predicted octanol–water partition coefficient (Wildman–Crippen LogP) is 3.27. The van der Waals surface area contributed by atoms with Gasteiger partial charge in [-0.3, -0.25) is 4.79 Å². The molecule has 1 amide bonds. The van der Waals surface area contributed by atoms with Crippen molar-refractivity contribution in [3.05, 3.63) is 53.0 Å². The molecule has 1 aliphatic heterocycles. The fourth-order valence-corrected chi connectivity index (χ4v) is 3.25. The zero-order chi connectivity index (χ0) is 18.1. The second-order valence-corrected chi connectivity index (χ2v) is 6.58. The van der Waals surface area contributed by atoms with Gasteiger partial charge in [-0.2, -0.15) is 9.37 Å². The molecule has 9 heteroatoms. The summed E-state index contributed by atoms with van der Waals surface area (Å²) >= 11 is 5.90. The van der Waals surface area contributed by atoms with Crippen LogP contribution in [0.25, 0.3) is 11.5 Å². The second-order valence-electron chi connectivity index (χ2n) is 6.15. The van der Waals surface area contributed by atoms with Crippen LogP contribution in [0.4, 0.5) is 4.39 Å². The highest BCUT2D eigenvalue weighted by Gasteiger charge is 2.29. The number of pyridine rings is 1. The molecular formula is C17H15ClFN5O2. The maximum atomic E-state index is 13.3. The maximum absolute atomic E-state index is 13.3. The summed E-state index contributed by atoms with van der Waals surface area (Å²) in [6, 6.07) is 4.37. The lowest BCUT2D eigenvalue weighted by Crippen LogP contribution is -2.39. The molecular weight excluding hydrogens is 361 g/mol.